The van der Waals surface area contributed by atoms with Gasteiger partial charge in [0.1, 0.15) is 24.0 Å². The van der Waals surface area contributed by atoms with Crippen molar-refractivity contribution in [2.24, 2.45) is 5.73 Å². The summed E-state index contributed by atoms with van der Waals surface area (Å²) >= 11 is 4.48. The summed E-state index contributed by atoms with van der Waals surface area (Å²) in [5.41, 5.74) is 5.67. The van der Waals surface area contributed by atoms with Gasteiger partial charge in [-0.05, 0) is 31.2 Å². The van der Waals surface area contributed by atoms with Crippen LogP contribution in [0, 0.1) is 11.3 Å². The van der Waals surface area contributed by atoms with Crippen LogP contribution in [0.4, 0.5) is 0 Å². The van der Waals surface area contributed by atoms with E-state index in [9.17, 15) is 4.79 Å². The standard InChI is InChI=1S/C15H14BrN5O2S/c1-9(18)12(6-17)13(22)8-24-15-19-14(20-21-15)7-23-11-4-2-10(16)3-5-11/h2-5H,7-8,18H2,1H3,(H,19,20,21). The van der Waals surface area contributed by atoms with Crippen LogP contribution in [0.3, 0.4) is 0 Å². The molecular formula is C15H14BrN5O2S. The number of nitriles is 1. The Morgan fingerprint density at radius 3 is 2.79 bits per heavy atom. The maximum absolute atomic E-state index is 11.9. The van der Waals surface area contributed by atoms with Gasteiger partial charge in [-0.25, -0.2) is 4.98 Å². The first-order valence-corrected chi connectivity index (χ1v) is 8.59. The zero-order valence-corrected chi connectivity index (χ0v) is 15.1. The highest BCUT2D eigenvalue weighted by molar-refractivity contribution is 9.10. The van der Waals surface area contributed by atoms with E-state index in [2.05, 4.69) is 31.1 Å². The van der Waals surface area contributed by atoms with Crippen molar-refractivity contribution in [1.82, 2.24) is 15.2 Å². The Morgan fingerprint density at radius 1 is 1.46 bits per heavy atom. The van der Waals surface area contributed by atoms with Crippen LogP contribution in [-0.4, -0.2) is 26.7 Å². The van der Waals surface area contributed by atoms with Crippen molar-refractivity contribution in [2.45, 2.75) is 18.7 Å². The fourth-order valence-corrected chi connectivity index (χ4v) is 2.62. The number of aromatic amines is 1. The number of allylic oxidation sites excluding steroid dienone is 2. The molecule has 1 aromatic heterocycles. The molecule has 0 aliphatic heterocycles. The number of Topliss-reactive ketones (excluding diaryl/α,β-unsaturated/α-hetero) is 1. The third-order valence-electron chi connectivity index (χ3n) is 2.82. The molecule has 0 fully saturated rings. The number of rotatable bonds is 7. The van der Waals surface area contributed by atoms with Gasteiger partial charge < -0.3 is 10.5 Å². The van der Waals surface area contributed by atoms with Crippen LogP contribution in [-0.2, 0) is 11.4 Å². The predicted octanol–water partition coefficient (Wildman–Crippen LogP) is 2.56. The number of nitrogens with zero attached hydrogens (tertiary/aromatic N) is 3. The number of benzene rings is 1. The molecule has 0 radical (unpaired) electrons. The quantitative estimate of drug-likeness (QED) is 0.411. The third kappa shape index (κ3) is 5.11. The smallest absolute Gasteiger partial charge is 0.208 e. The highest BCUT2D eigenvalue weighted by Gasteiger charge is 2.13. The van der Waals surface area contributed by atoms with Crippen molar-refractivity contribution in [3.8, 4) is 11.8 Å². The summed E-state index contributed by atoms with van der Waals surface area (Å²) in [5.74, 6) is 0.947. The second kappa shape index (κ2) is 8.52. The minimum atomic E-state index is -0.347. The largest absolute Gasteiger partial charge is 0.486 e. The van der Waals surface area contributed by atoms with E-state index in [1.54, 1.807) is 6.07 Å². The second-order valence-electron chi connectivity index (χ2n) is 4.69. The monoisotopic (exact) mass is 407 g/mol. The molecule has 2 rings (SSSR count). The maximum atomic E-state index is 11.9. The van der Waals surface area contributed by atoms with Crippen LogP contribution in [0.25, 0.3) is 0 Å². The number of hydrogen-bond donors (Lipinski definition) is 2. The molecule has 2 aromatic rings. The van der Waals surface area contributed by atoms with Crippen LogP contribution < -0.4 is 10.5 Å². The van der Waals surface area contributed by atoms with Crippen LogP contribution in [0.5, 0.6) is 5.75 Å². The zero-order chi connectivity index (χ0) is 17.5. The number of aromatic nitrogens is 3. The number of carbonyl (C=O) groups excluding carboxylic acids is 1. The lowest BCUT2D eigenvalue weighted by atomic mass is 10.2. The van der Waals surface area contributed by atoms with E-state index in [1.807, 2.05) is 24.3 Å². The fourth-order valence-electron chi connectivity index (χ4n) is 1.66. The van der Waals surface area contributed by atoms with Gasteiger partial charge in [0, 0.05) is 10.2 Å². The Hall–Kier alpha value is -2.31. The lowest BCUT2D eigenvalue weighted by Crippen LogP contribution is -2.10. The van der Waals surface area contributed by atoms with Gasteiger partial charge >= 0.3 is 0 Å². The molecular weight excluding hydrogens is 394 g/mol. The molecule has 7 nitrogen and oxygen atoms in total. The third-order valence-corrected chi connectivity index (χ3v) is 4.19. The van der Waals surface area contributed by atoms with E-state index in [0.717, 1.165) is 16.2 Å². The number of halogens is 1. The van der Waals surface area contributed by atoms with Crippen LogP contribution in [0.2, 0.25) is 0 Å². The Balaban J connectivity index is 1.87. The molecule has 24 heavy (non-hydrogen) atoms. The highest BCUT2D eigenvalue weighted by Crippen LogP contribution is 2.18. The number of thioether (sulfide) groups is 1. The van der Waals surface area contributed by atoms with Crippen molar-refractivity contribution in [1.29, 1.82) is 5.26 Å². The van der Waals surface area contributed by atoms with E-state index in [1.165, 1.54) is 6.92 Å². The molecule has 0 unspecified atom stereocenters. The minimum Gasteiger partial charge on any atom is -0.486 e. The van der Waals surface area contributed by atoms with Gasteiger partial charge in [0.05, 0.1) is 5.75 Å². The van der Waals surface area contributed by atoms with Gasteiger partial charge in [-0.15, -0.1) is 5.10 Å². The molecule has 1 aromatic carbocycles. The summed E-state index contributed by atoms with van der Waals surface area (Å²) in [5, 5.41) is 16.0. The molecule has 0 amide bonds. The number of hydrogen-bond acceptors (Lipinski definition) is 7. The van der Waals surface area contributed by atoms with Crippen LogP contribution in [0.15, 0.2) is 45.2 Å². The SMILES string of the molecule is CC(N)=C(C#N)C(=O)CSc1n[nH]c(COc2ccc(Br)cc2)n1. The van der Waals surface area contributed by atoms with Gasteiger partial charge in [0.15, 0.2) is 11.6 Å². The van der Waals surface area contributed by atoms with E-state index >= 15 is 0 Å². The molecule has 0 atom stereocenters. The number of nitrogens with one attached hydrogen (secondary N) is 1. The minimum absolute atomic E-state index is 0.0307. The maximum Gasteiger partial charge on any atom is 0.208 e. The first-order chi connectivity index (χ1) is 11.5. The summed E-state index contributed by atoms with van der Waals surface area (Å²) in [6.07, 6.45) is 0. The van der Waals surface area contributed by atoms with Crippen molar-refractivity contribution < 1.29 is 9.53 Å². The molecule has 0 aliphatic carbocycles. The summed E-state index contributed by atoms with van der Waals surface area (Å²) in [7, 11) is 0. The lowest BCUT2D eigenvalue weighted by Gasteiger charge is -2.03. The lowest BCUT2D eigenvalue weighted by molar-refractivity contribution is -0.112. The van der Waals surface area contributed by atoms with E-state index < -0.39 is 0 Å². The number of nitrogens with two attached hydrogens (primary N) is 1. The normalized spacial score (nSPS) is 11.5. The molecule has 0 saturated carbocycles. The summed E-state index contributed by atoms with van der Waals surface area (Å²) in [6, 6.07) is 9.23. The highest BCUT2D eigenvalue weighted by atomic mass is 79.9. The molecule has 9 heteroatoms. The predicted molar refractivity (Wildman–Crippen MR) is 93.1 cm³/mol. The Morgan fingerprint density at radius 2 is 2.17 bits per heavy atom. The molecule has 124 valence electrons. The molecule has 0 bridgehead atoms. The van der Waals surface area contributed by atoms with Gasteiger partial charge in [0.2, 0.25) is 5.16 Å². The summed E-state index contributed by atoms with van der Waals surface area (Å²) in [4.78, 5) is 16.1. The van der Waals surface area contributed by atoms with Crippen molar-refractivity contribution in [2.75, 3.05) is 5.75 Å². The Kier molecular flexibility index (Phi) is 6.40. The van der Waals surface area contributed by atoms with Gasteiger partial charge in [-0.2, -0.15) is 5.26 Å². The molecule has 1 heterocycles. The van der Waals surface area contributed by atoms with E-state index in [4.69, 9.17) is 15.7 Å². The molecule has 0 aliphatic rings. The number of H-pyrrole nitrogens is 1. The van der Waals surface area contributed by atoms with E-state index in [-0.39, 0.29) is 29.4 Å². The van der Waals surface area contributed by atoms with Crippen molar-refractivity contribution >= 4 is 33.5 Å². The van der Waals surface area contributed by atoms with Gasteiger partial charge in [-0.1, -0.05) is 27.7 Å². The zero-order valence-electron chi connectivity index (χ0n) is 12.7. The molecule has 0 saturated heterocycles. The average Bonchev–Trinajstić information content (AvgIpc) is 3.00. The first kappa shape index (κ1) is 18.0. The van der Waals surface area contributed by atoms with Gasteiger partial charge in [0.25, 0.3) is 0 Å². The summed E-state index contributed by atoms with van der Waals surface area (Å²) in [6.45, 7) is 1.75. The van der Waals surface area contributed by atoms with Crippen molar-refractivity contribution in [3.63, 3.8) is 0 Å². The first-order valence-electron chi connectivity index (χ1n) is 6.81. The number of ether oxygens (including phenoxy) is 1. The molecule has 0 spiro atoms. The number of carbonyl (C=O) groups is 1. The Labute approximate surface area is 151 Å². The van der Waals surface area contributed by atoms with E-state index in [0.29, 0.717) is 16.7 Å². The van der Waals surface area contributed by atoms with Crippen molar-refractivity contribution in [3.05, 3.63) is 45.8 Å². The second-order valence-corrected chi connectivity index (χ2v) is 6.55. The van der Waals surface area contributed by atoms with Crippen LogP contribution in [0.1, 0.15) is 12.7 Å². The van der Waals surface area contributed by atoms with Crippen LogP contribution >= 0.6 is 27.7 Å². The molecule has 3 N–H and O–H groups in total. The number of ketones is 1. The topological polar surface area (TPSA) is 118 Å². The Bertz CT molecular complexity index is 791. The fraction of sp³-hybridized carbons (Fsp3) is 0.200. The summed E-state index contributed by atoms with van der Waals surface area (Å²) < 4.78 is 6.54. The van der Waals surface area contributed by atoms with Gasteiger partial charge in [-0.3, -0.25) is 9.89 Å². The average molecular weight is 408 g/mol.